The summed E-state index contributed by atoms with van der Waals surface area (Å²) in [6.07, 6.45) is 7.19. The van der Waals surface area contributed by atoms with E-state index in [4.69, 9.17) is 0 Å². The molecule has 1 aliphatic rings. The summed E-state index contributed by atoms with van der Waals surface area (Å²) in [4.78, 5) is 4.44. The molecular formula is C11H15N. The zero-order chi connectivity index (χ0) is 8.44. The standard InChI is InChI=1S/C11H15N/c1-2-11(7-5-8-11)10-6-3-4-9-12-10/h3-4,6,9H,2,5,7-8H2,1H3. The molecule has 2 rings (SSSR count). The van der Waals surface area contributed by atoms with Crippen LogP contribution in [0.4, 0.5) is 0 Å². The highest BCUT2D eigenvalue weighted by Gasteiger charge is 2.37. The number of rotatable bonds is 2. The maximum atomic E-state index is 4.44. The molecule has 0 aliphatic heterocycles. The lowest BCUT2D eigenvalue weighted by atomic mass is 9.65. The SMILES string of the molecule is CCC1(c2ccccn2)CCC1. The largest absolute Gasteiger partial charge is 0.261 e. The molecule has 1 nitrogen and oxygen atoms in total. The van der Waals surface area contributed by atoms with Gasteiger partial charge in [0.2, 0.25) is 0 Å². The summed E-state index contributed by atoms with van der Waals surface area (Å²) in [7, 11) is 0. The van der Waals surface area contributed by atoms with Gasteiger partial charge >= 0.3 is 0 Å². The summed E-state index contributed by atoms with van der Waals surface area (Å²) < 4.78 is 0. The van der Waals surface area contributed by atoms with E-state index in [1.807, 2.05) is 12.3 Å². The first-order valence-electron chi connectivity index (χ1n) is 4.79. The van der Waals surface area contributed by atoms with Crippen molar-refractivity contribution in [3.63, 3.8) is 0 Å². The molecule has 1 aromatic heterocycles. The predicted molar refractivity (Wildman–Crippen MR) is 50.1 cm³/mol. The van der Waals surface area contributed by atoms with E-state index in [0.29, 0.717) is 5.41 Å². The fourth-order valence-electron chi connectivity index (χ4n) is 2.07. The lowest BCUT2D eigenvalue weighted by molar-refractivity contribution is 0.228. The van der Waals surface area contributed by atoms with Crippen LogP contribution in [0.25, 0.3) is 0 Å². The van der Waals surface area contributed by atoms with Gasteiger partial charge in [-0.25, -0.2) is 0 Å². The van der Waals surface area contributed by atoms with Crippen molar-refractivity contribution in [3.8, 4) is 0 Å². The molecule has 0 radical (unpaired) electrons. The predicted octanol–water partition coefficient (Wildman–Crippen LogP) is 2.91. The second-order valence-corrected chi connectivity index (χ2v) is 3.70. The van der Waals surface area contributed by atoms with Gasteiger partial charge in [0.15, 0.2) is 0 Å². The Labute approximate surface area is 73.8 Å². The molecule has 0 unspecified atom stereocenters. The molecule has 0 amide bonds. The Bertz CT molecular complexity index is 243. The molecule has 1 fully saturated rings. The first-order chi connectivity index (χ1) is 5.87. The van der Waals surface area contributed by atoms with Crippen LogP contribution in [0.5, 0.6) is 0 Å². The van der Waals surface area contributed by atoms with Gasteiger partial charge in [0.05, 0.1) is 0 Å². The molecule has 0 spiro atoms. The van der Waals surface area contributed by atoms with Crippen LogP contribution < -0.4 is 0 Å². The van der Waals surface area contributed by atoms with E-state index < -0.39 is 0 Å². The van der Waals surface area contributed by atoms with Crippen molar-refractivity contribution >= 4 is 0 Å². The molecule has 1 aromatic rings. The van der Waals surface area contributed by atoms with Crippen LogP contribution >= 0.6 is 0 Å². The van der Waals surface area contributed by atoms with Crippen LogP contribution in [0.2, 0.25) is 0 Å². The fraction of sp³-hybridized carbons (Fsp3) is 0.545. The Morgan fingerprint density at radius 2 is 2.25 bits per heavy atom. The average molecular weight is 161 g/mol. The van der Waals surface area contributed by atoms with E-state index in [2.05, 4.69) is 24.0 Å². The van der Waals surface area contributed by atoms with Crippen LogP contribution in [0, 0.1) is 0 Å². The van der Waals surface area contributed by atoms with Gasteiger partial charge < -0.3 is 0 Å². The second-order valence-electron chi connectivity index (χ2n) is 3.70. The third-order valence-electron chi connectivity index (χ3n) is 3.20. The summed E-state index contributed by atoms with van der Waals surface area (Å²) in [5, 5.41) is 0. The van der Waals surface area contributed by atoms with Gasteiger partial charge in [-0.2, -0.15) is 0 Å². The second kappa shape index (κ2) is 2.89. The summed E-state index contributed by atoms with van der Waals surface area (Å²) in [6, 6.07) is 6.26. The molecule has 0 bridgehead atoms. The minimum Gasteiger partial charge on any atom is -0.261 e. The molecule has 12 heavy (non-hydrogen) atoms. The monoisotopic (exact) mass is 161 g/mol. The Morgan fingerprint density at radius 3 is 2.67 bits per heavy atom. The molecule has 0 N–H and O–H groups in total. The smallest absolute Gasteiger partial charge is 0.0465 e. The minimum absolute atomic E-state index is 0.446. The van der Waals surface area contributed by atoms with Crippen molar-refractivity contribution in [1.29, 1.82) is 0 Å². The number of hydrogen-bond acceptors (Lipinski definition) is 1. The zero-order valence-electron chi connectivity index (χ0n) is 7.59. The minimum atomic E-state index is 0.446. The molecule has 0 atom stereocenters. The lowest BCUT2D eigenvalue weighted by Gasteiger charge is -2.40. The van der Waals surface area contributed by atoms with E-state index in [9.17, 15) is 0 Å². The molecule has 1 saturated carbocycles. The summed E-state index contributed by atoms with van der Waals surface area (Å²) in [5.74, 6) is 0. The van der Waals surface area contributed by atoms with E-state index >= 15 is 0 Å². The van der Waals surface area contributed by atoms with Crippen molar-refractivity contribution in [1.82, 2.24) is 4.98 Å². The maximum Gasteiger partial charge on any atom is 0.0465 e. The fourth-order valence-corrected chi connectivity index (χ4v) is 2.07. The third kappa shape index (κ3) is 1.04. The van der Waals surface area contributed by atoms with Crippen molar-refractivity contribution in [3.05, 3.63) is 30.1 Å². The average Bonchev–Trinajstić information content (AvgIpc) is 2.05. The number of aromatic nitrogens is 1. The van der Waals surface area contributed by atoms with Crippen molar-refractivity contribution in [2.45, 2.75) is 38.0 Å². The van der Waals surface area contributed by atoms with Gasteiger partial charge in [-0.1, -0.05) is 19.4 Å². The third-order valence-corrected chi connectivity index (χ3v) is 3.20. The first kappa shape index (κ1) is 7.78. The van der Waals surface area contributed by atoms with Crippen LogP contribution in [0.3, 0.4) is 0 Å². The molecule has 1 heteroatoms. The van der Waals surface area contributed by atoms with E-state index in [1.54, 1.807) is 0 Å². The van der Waals surface area contributed by atoms with Gasteiger partial charge in [0.25, 0.3) is 0 Å². The van der Waals surface area contributed by atoms with Gasteiger partial charge in [-0.05, 0) is 31.4 Å². The Kier molecular flexibility index (Phi) is 1.87. The maximum absolute atomic E-state index is 4.44. The Balaban J connectivity index is 2.28. The van der Waals surface area contributed by atoms with Gasteiger partial charge in [0, 0.05) is 17.3 Å². The highest BCUT2D eigenvalue weighted by molar-refractivity contribution is 5.19. The van der Waals surface area contributed by atoms with Crippen molar-refractivity contribution in [2.75, 3.05) is 0 Å². The number of hydrogen-bond donors (Lipinski definition) is 0. The lowest BCUT2D eigenvalue weighted by Crippen LogP contribution is -2.34. The van der Waals surface area contributed by atoms with Crippen LogP contribution in [0.1, 0.15) is 38.3 Å². The Hall–Kier alpha value is -0.850. The highest BCUT2D eigenvalue weighted by atomic mass is 14.7. The topological polar surface area (TPSA) is 12.9 Å². The Morgan fingerprint density at radius 1 is 1.42 bits per heavy atom. The van der Waals surface area contributed by atoms with Crippen LogP contribution in [0.15, 0.2) is 24.4 Å². The molecular weight excluding hydrogens is 146 g/mol. The van der Waals surface area contributed by atoms with Crippen LogP contribution in [-0.4, -0.2) is 4.98 Å². The van der Waals surface area contributed by atoms with Crippen molar-refractivity contribution in [2.24, 2.45) is 0 Å². The molecule has 1 aliphatic carbocycles. The van der Waals surface area contributed by atoms with E-state index in [0.717, 1.165) is 0 Å². The molecule has 0 aromatic carbocycles. The van der Waals surface area contributed by atoms with Crippen LogP contribution in [-0.2, 0) is 5.41 Å². The van der Waals surface area contributed by atoms with Gasteiger partial charge in [-0.15, -0.1) is 0 Å². The van der Waals surface area contributed by atoms with Crippen molar-refractivity contribution < 1.29 is 0 Å². The molecule has 0 saturated heterocycles. The normalized spacial score (nSPS) is 20.1. The number of nitrogens with zero attached hydrogens (tertiary/aromatic N) is 1. The quantitative estimate of drug-likeness (QED) is 0.650. The summed E-state index contributed by atoms with van der Waals surface area (Å²) >= 11 is 0. The summed E-state index contributed by atoms with van der Waals surface area (Å²) in [6.45, 7) is 2.27. The molecule has 64 valence electrons. The summed E-state index contributed by atoms with van der Waals surface area (Å²) in [5.41, 5.74) is 1.75. The highest BCUT2D eigenvalue weighted by Crippen LogP contribution is 2.45. The van der Waals surface area contributed by atoms with E-state index in [1.165, 1.54) is 31.4 Å². The van der Waals surface area contributed by atoms with Gasteiger partial charge in [0.1, 0.15) is 0 Å². The zero-order valence-corrected chi connectivity index (χ0v) is 7.59. The molecule has 1 heterocycles. The van der Waals surface area contributed by atoms with E-state index in [-0.39, 0.29) is 0 Å². The van der Waals surface area contributed by atoms with Gasteiger partial charge in [-0.3, -0.25) is 4.98 Å². The number of pyridine rings is 1. The first-order valence-corrected chi connectivity index (χ1v) is 4.79.